The molecule has 0 aromatic carbocycles. The van der Waals surface area contributed by atoms with Crippen LogP contribution in [0.1, 0.15) is 29.4 Å². The van der Waals surface area contributed by atoms with Crippen LogP contribution >= 0.6 is 0 Å². The Morgan fingerprint density at radius 2 is 1.81 bits per heavy atom. The zero-order chi connectivity index (χ0) is 19.1. The highest BCUT2D eigenvalue weighted by atomic mass is 19.4. The highest BCUT2D eigenvalue weighted by Crippen LogP contribution is 2.31. The Bertz CT molecular complexity index is 942. The van der Waals surface area contributed by atoms with Crippen molar-refractivity contribution in [3.05, 3.63) is 47.2 Å². The first kappa shape index (κ1) is 18.0. The molecule has 3 aromatic heterocycles. The Balaban J connectivity index is 1.82. The lowest BCUT2D eigenvalue weighted by Crippen LogP contribution is -2.15. The second-order valence-electron chi connectivity index (χ2n) is 5.90. The average Bonchev–Trinajstić information content (AvgIpc) is 2.96. The van der Waals surface area contributed by atoms with Crippen molar-refractivity contribution in [2.45, 2.75) is 32.5 Å². The van der Waals surface area contributed by atoms with Crippen LogP contribution in [0.5, 0.6) is 0 Å². The maximum Gasteiger partial charge on any atom is 0.431 e. The van der Waals surface area contributed by atoms with Crippen LogP contribution in [0.4, 0.5) is 27.8 Å². The van der Waals surface area contributed by atoms with Crippen molar-refractivity contribution in [2.24, 2.45) is 0 Å². The predicted octanol–water partition coefficient (Wildman–Crippen LogP) is 4.40. The van der Waals surface area contributed by atoms with Gasteiger partial charge in [0.05, 0.1) is 0 Å². The molecule has 2 N–H and O–H groups in total. The summed E-state index contributed by atoms with van der Waals surface area (Å²) in [6.45, 7) is 2.37. The predicted molar refractivity (Wildman–Crippen MR) is 84.8 cm³/mol. The number of rotatable bonds is 4. The van der Waals surface area contributed by atoms with Gasteiger partial charge in [0.1, 0.15) is 29.2 Å². The SMILES string of the molecule is Cc1c(NCc2cnc3[nH]c(C(F)(F)F)cc3c2)ncnc1C(C)(F)F. The third-order valence-electron chi connectivity index (χ3n) is 3.79. The van der Waals surface area contributed by atoms with Crippen LogP contribution in [0.3, 0.4) is 0 Å². The number of nitrogens with zero attached hydrogens (tertiary/aromatic N) is 3. The molecule has 0 spiro atoms. The van der Waals surface area contributed by atoms with Crippen LogP contribution in [0.2, 0.25) is 0 Å². The van der Waals surface area contributed by atoms with Crippen LogP contribution in [0.15, 0.2) is 24.7 Å². The van der Waals surface area contributed by atoms with Gasteiger partial charge in [-0.2, -0.15) is 22.0 Å². The number of pyridine rings is 1. The van der Waals surface area contributed by atoms with Gasteiger partial charge in [-0.25, -0.2) is 15.0 Å². The smallest absolute Gasteiger partial charge is 0.366 e. The van der Waals surface area contributed by atoms with Crippen LogP contribution in [-0.4, -0.2) is 19.9 Å². The van der Waals surface area contributed by atoms with E-state index >= 15 is 0 Å². The minimum Gasteiger partial charge on any atom is -0.366 e. The van der Waals surface area contributed by atoms with Gasteiger partial charge in [-0.15, -0.1) is 0 Å². The molecule has 3 rings (SSSR count). The zero-order valence-corrected chi connectivity index (χ0v) is 13.7. The number of fused-ring (bicyclic) bond motifs is 1. The molecule has 0 radical (unpaired) electrons. The molecule has 0 fully saturated rings. The number of H-pyrrole nitrogens is 1. The number of hydrogen-bond donors (Lipinski definition) is 2. The fourth-order valence-electron chi connectivity index (χ4n) is 2.57. The number of aromatic amines is 1. The first-order valence-corrected chi connectivity index (χ1v) is 7.54. The third-order valence-corrected chi connectivity index (χ3v) is 3.79. The van der Waals surface area contributed by atoms with E-state index in [2.05, 4.69) is 25.3 Å². The van der Waals surface area contributed by atoms with Gasteiger partial charge in [-0.3, -0.25) is 0 Å². The van der Waals surface area contributed by atoms with Crippen LogP contribution in [-0.2, 0) is 18.6 Å². The van der Waals surface area contributed by atoms with Crippen molar-refractivity contribution < 1.29 is 22.0 Å². The minimum atomic E-state index is -4.49. The maximum absolute atomic E-state index is 13.5. The number of anilines is 1. The Morgan fingerprint density at radius 3 is 2.46 bits per heavy atom. The Hall–Kier alpha value is -2.78. The fraction of sp³-hybridized carbons (Fsp3) is 0.312. The standard InChI is InChI=1S/C16H14F5N5/c1-8-12(15(2,17)18)24-7-25-13(8)22-5-9-3-10-4-11(16(19,20)21)26-14(10)23-6-9/h3-4,6-7H,5H2,1-2H3,(H,23,26)(H,22,24,25). The molecule has 0 bridgehead atoms. The van der Waals surface area contributed by atoms with Gasteiger partial charge in [0.15, 0.2) is 0 Å². The lowest BCUT2D eigenvalue weighted by molar-refractivity contribution is -0.140. The van der Waals surface area contributed by atoms with Crippen molar-refractivity contribution >= 4 is 16.9 Å². The van der Waals surface area contributed by atoms with Crippen molar-refractivity contribution in [1.82, 2.24) is 19.9 Å². The molecule has 10 heteroatoms. The second kappa shape index (κ2) is 6.19. The van der Waals surface area contributed by atoms with Gasteiger partial charge in [0.25, 0.3) is 5.92 Å². The zero-order valence-electron chi connectivity index (χ0n) is 13.7. The van der Waals surface area contributed by atoms with Gasteiger partial charge >= 0.3 is 6.18 Å². The van der Waals surface area contributed by atoms with Crippen molar-refractivity contribution in [1.29, 1.82) is 0 Å². The summed E-state index contributed by atoms with van der Waals surface area (Å²) in [5.74, 6) is -2.88. The summed E-state index contributed by atoms with van der Waals surface area (Å²) in [5, 5.41) is 3.19. The molecule has 0 aliphatic carbocycles. The van der Waals surface area contributed by atoms with E-state index in [-0.39, 0.29) is 29.3 Å². The van der Waals surface area contributed by atoms with Crippen molar-refractivity contribution in [2.75, 3.05) is 5.32 Å². The summed E-state index contributed by atoms with van der Waals surface area (Å²) < 4.78 is 65.2. The Kier molecular flexibility index (Phi) is 4.29. The van der Waals surface area contributed by atoms with E-state index in [0.717, 1.165) is 19.3 Å². The van der Waals surface area contributed by atoms with Gasteiger partial charge < -0.3 is 10.3 Å². The Morgan fingerprint density at radius 1 is 1.08 bits per heavy atom. The number of hydrogen-bond acceptors (Lipinski definition) is 4. The molecule has 0 aliphatic rings. The summed E-state index contributed by atoms with van der Waals surface area (Å²) in [5.41, 5.74) is -0.370. The average molecular weight is 371 g/mol. The molecule has 3 heterocycles. The van der Waals surface area contributed by atoms with Gasteiger partial charge in [-0.1, -0.05) is 0 Å². The van der Waals surface area contributed by atoms with Crippen molar-refractivity contribution in [3.63, 3.8) is 0 Å². The third kappa shape index (κ3) is 3.58. The van der Waals surface area contributed by atoms with E-state index in [0.29, 0.717) is 10.9 Å². The number of halogens is 5. The summed E-state index contributed by atoms with van der Waals surface area (Å²) in [7, 11) is 0. The monoisotopic (exact) mass is 371 g/mol. The van der Waals surface area contributed by atoms with Crippen molar-refractivity contribution in [3.8, 4) is 0 Å². The summed E-state index contributed by atoms with van der Waals surface area (Å²) in [6.07, 6.45) is -2.05. The first-order chi connectivity index (χ1) is 12.1. The molecule has 26 heavy (non-hydrogen) atoms. The van der Waals surface area contributed by atoms with Crippen LogP contribution in [0, 0.1) is 6.92 Å². The first-order valence-electron chi connectivity index (χ1n) is 7.54. The molecular formula is C16H14F5N5. The number of aromatic nitrogens is 4. The van der Waals surface area contributed by atoms with Crippen LogP contribution in [0.25, 0.3) is 11.0 Å². The molecule has 0 saturated heterocycles. The van der Waals surface area contributed by atoms with E-state index in [9.17, 15) is 22.0 Å². The van der Waals surface area contributed by atoms with E-state index in [1.54, 1.807) is 0 Å². The largest absolute Gasteiger partial charge is 0.431 e. The second-order valence-corrected chi connectivity index (χ2v) is 5.90. The molecule has 3 aromatic rings. The highest BCUT2D eigenvalue weighted by molar-refractivity contribution is 5.77. The van der Waals surface area contributed by atoms with E-state index in [1.165, 1.54) is 19.2 Å². The van der Waals surface area contributed by atoms with E-state index < -0.39 is 17.8 Å². The summed E-state index contributed by atoms with van der Waals surface area (Å²) in [6, 6.07) is 2.50. The summed E-state index contributed by atoms with van der Waals surface area (Å²) >= 11 is 0. The molecule has 0 atom stereocenters. The lowest BCUT2D eigenvalue weighted by atomic mass is 10.1. The number of alkyl halides is 5. The number of nitrogens with one attached hydrogen (secondary N) is 2. The molecule has 0 aliphatic heterocycles. The fourth-order valence-corrected chi connectivity index (χ4v) is 2.57. The van der Waals surface area contributed by atoms with Gasteiger partial charge in [0.2, 0.25) is 0 Å². The quantitative estimate of drug-likeness (QED) is 0.667. The maximum atomic E-state index is 13.5. The Labute approximate surface area is 144 Å². The minimum absolute atomic E-state index is 0.118. The van der Waals surface area contributed by atoms with E-state index in [1.807, 2.05) is 0 Å². The lowest BCUT2D eigenvalue weighted by Gasteiger charge is -2.15. The molecule has 5 nitrogen and oxygen atoms in total. The molecular weight excluding hydrogens is 357 g/mol. The molecule has 138 valence electrons. The molecule has 0 unspecified atom stereocenters. The van der Waals surface area contributed by atoms with Gasteiger partial charge in [-0.05, 0) is 24.6 Å². The molecule has 0 amide bonds. The van der Waals surface area contributed by atoms with Gasteiger partial charge in [0, 0.05) is 30.6 Å². The summed E-state index contributed by atoms with van der Waals surface area (Å²) in [4.78, 5) is 13.7. The highest BCUT2D eigenvalue weighted by Gasteiger charge is 2.33. The van der Waals surface area contributed by atoms with Crippen LogP contribution < -0.4 is 5.32 Å². The topological polar surface area (TPSA) is 66.5 Å². The van der Waals surface area contributed by atoms with E-state index in [4.69, 9.17) is 0 Å². The molecule has 0 saturated carbocycles. The normalized spacial score (nSPS) is 12.6.